The van der Waals surface area contributed by atoms with Gasteiger partial charge < -0.3 is 15.4 Å². The molecular formula is C16H22N2O2. The number of hydrogen-bond donors (Lipinski definition) is 2. The highest BCUT2D eigenvalue weighted by molar-refractivity contribution is 5.84. The van der Waals surface area contributed by atoms with Crippen molar-refractivity contribution in [2.24, 2.45) is 0 Å². The van der Waals surface area contributed by atoms with Crippen LogP contribution in [-0.2, 0) is 16.0 Å². The summed E-state index contributed by atoms with van der Waals surface area (Å²) in [5, 5.41) is 6.34. The van der Waals surface area contributed by atoms with E-state index >= 15 is 0 Å². The van der Waals surface area contributed by atoms with Crippen LogP contribution in [-0.4, -0.2) is 38.3 Å². The predicted octanol–water partition coefficient (Wildman–Crippen LogP) is 1.21. The lowest BCUT2D eigenvalue weighted by Crippen LogP contribution is -2.46. The molecule has 0 saturated carbocycles. The summed E-state index contributed by atoms with van der Waals surface area (Å²) >= 11 is 0. The summed E-state index contributed by atoms with van der Waals surface area (Å²) in [6.45, 7) is 3.05. The minimum atomic E-state index is 0.0106. The Bertz CT molecular complexity index is 469. The van der Waals surface area contributed by atoms with Crippen LogP contribution >= 0.6 is 0 Å². The number of morpholine rings is 1. The Morgan fingerprint density at radius 1 is 1.40 bits per heavy atom. The van der Waals surface area contributed by atoms with Crippen LogP contribution in [0.3, 0.4) is 0 Å². The number of carbonyl (C=O) groups excluding carboxylic acids is 1. The predicted molar refractivity (Wildman–Crippen MR) is 77.7 cm³/mol. The third kappa shape index (κ3) is 3.02. The van der Waals surface area contributed by atoms with Crippen molar-refractivity contribution in [2.45, 2.75) is 31.3 Å². The first-order valence-electron chi connectivity index (χ1n) is 7.52. The van der Waals surface area contributed by atoms with Crippen LogP contribution in [0.25, 0.3) is 0 Å². The molecule has 108 valence electrons. The number of amides is 1. The van der Waals surface area contributed by atoms with Gasteiger partial charge in [0.2, 0.25) is 5.91 Å². The summed E-state index contributed by atoms with van der Waals surface area (Å²) in [5.74, 6) is 0.155. The minimum absolute atomic E-state index is 0.0106. The number of carbonyl (C=O) groups is 1. The largest absolute Gasteiger partial charge is 0.374 e. The van der Waals surface area contributed by atoms with Gasteiger partial charge in [0.05, 0.1) is 18.6 Å². The summed E-state index contributed by atoms with van der Waals surface area (Å²) in [6, 6.07) is 8.32. The van der Waals surface area contributed by atoms with E-state index in [1.807, 2.05) is 6.07 Å². The molecule has 1 aliphatic heterocycles. The first-order valence-corrected chi connectivity index (χ1v) is 7.52. The molecule has 1 fully saturated rings. The fourth-order valence-electron chi connectivity index (χ4n) is 3.11. The molecule has 2 atom stereocenters. The molecule has 4 nitrogen and oxygen atoms in total. The molecule has 20 heavy (non-hydrogen) atoms. The average Bonchev–Trinajstić information content (AvgIpc) is 2.53. The van der Waals surface area contributed by atoms with Crippen molar-refractivity contribution in [1.82, 2.24) is 10.6 Å². The Balaban J connectivity index is 1.60. The smallest absolute Gasteiger partial charge is 0.227 e. The van der Waals surface area contributed by atoms with E-state index in [-0.39, 0.29) is 17.9 Å². The van der Waals surface area contributed by atoms with Crippen LogP contribution in [0.15, 0.2) is 24.3 Å². The summed E-state index contributed by atoms with van der Waals surface area (Å²) in [5.41, 5.74) is 2.54. The van der Waals surface area contributed by atoms with Crippen molar-refractivity contribution >= 4 is 5.91 Å². The van der Waals surface area contributed by atoms with Gasteiger partial charge in [0.15, 0.2) is 0 Å². The van der Waals surface area contributed by atoms with Gasteiger partial charge in [0.1, 0.15) is 0 Å². The molecule has 0 radical (unpaired) electrons. The molecule has 2 unspecified atom stereocenters. The fourth-order valence-corrected chi connectivity index (χ4v) is 3.11. The van der Waals surface area contributed by atoms with Gasteiger partial charge in [-0.1, -0.05) is 24.3 Å². The van der Waals surface area contributed by atoms with Gasteiger partial charge >= 0.3 is 0 Å². The molecule has 3 rings (SSSR count). The van der Waals surface area contributed by atoms with Gasteiger partial charge in [-0.15, -0.1) is 0 Å². The van der Waals surface area contributed by atoms with Crippen molar-refractivity contribution in [2.75, 3.05) is 26.2 Å². The summed E-state index contributed by atoms with van der Waals surface area (Å²) in [4.78, 5) is 12.4. The number of benzene rings is 1. The molecule has 0 bridgehead atoms. The number of fused-ring (bicyclic) bond motifs is 1. The van der Waals surface area contributed by atoms with E-state index in [9.17, 15) is 4.79 Å². The zero-order valence-corrected chi connectivity index (χ0v) is 11.7. The van der Waals surface area contributed by atoms with Crippen LogP contribution < -0.4 is 10.6 Å². The summed E-state index contributed by atoms with van der Waals surface area (Å²) < 4.78 is 5.61. The Hall–Kier alpha value is -1.39. The number of aryl methyl sites for hydroxylation is 1. The Kier molecular flexibility index (Phi) is 4.33. The van der Waals surface area contributed by atoms with Crippen LogP contribution in [0, 0.1) is 0 Å². The van der Waals surface area contributed by atoms with E-state index in [2.05, 4.69) is 28.8 Å². The second-order valence-corrected chi connectivity index (χ2v) is 5.59. The number of hydrogen-bond acceptors (Lipinski definition) is 3. The van der Waals surface area contributed by atoms with Crippen LogP contribution in [0.4, 0.5) is 0 Å². The summed E-state index contributed by atoms with van der Waals surface area (Å²) in [6.07, 6.45) is 3.24. The van der Waals surface area contributed by atoms with Gasteiger partial charge in [-0.25, -0.2) is 0 Å². The zero-order valence-electron chi connectivity index (χ0n) is 11.7. The van der Waals surface area contributed by atoms with E-state index in [0.29, 0.717) is 6.54 Å². The van der Waals surface area contributed by atoms with Crippen LogP contribution in [0.1, 0.15) is 29.9 Å². The van der Waals surface area contributed by atoms with Crippen molar-refractivity contribution < 1.29 is 9.53 Å². The van der Waals surface area contributed by atoms with Crippen molar-refractivity contribution in [3.05, 3.63) is 35.4 Å². The summed E-state index contributed by atoms with van der Waals surface area (Å²) in [7, 11) is 0. The minimum Gasteiger partial charge on any atom is -0.374 e. The molecule has 1 heterocycles. The zero-order chi connectivity index (χ0) is 13.8. The quantitative estimate of drug-likeness (QED) is 0.871. The highest BCUT2D eigenvalue weighted by atomic mass is 16.5. The van der Waals surface area contributed by atoms with Gasteiger partial charge in [0, 0.05) is 19.6 Å². The maximum atomic E-state index is 12.4. The molecule has 1 aromatic carbocycles. The van der Waals surface area contributed by atoms with Crippen molar-refractivity contribution in [1.29, 1.82) is 0 Å². The molecule has 1 amide bonds. The number of nitrogens with one attached hydrogen (secondary N) is 2. The molecule has 2 aliphatic rings. The molecule has 0 spiro atoms. The topological polar surface area (TPSA) is 50.4 Å². The van der Waals surface area contributed by atoms with Gasteiger partial charge in [-0.05, 0) is 30.4 Å². The third-order valence-electron chi connectivity index (χ3n) is 4.19. The molecular weight excluding hydrogens is 252 g/mol. The van der Waals surface area contributed by atoms with E-state index in [1.165, 1.54) is 11.1 Å². The van der Waals surface area contributed by atoms with E-state index in [0.717, 1.165) is 39.0 Å². The number of ether oxygens (including phenoxy) is 1. The molecule has 2 N–H and O–H groups in total. The average molecular weight is 274 g/mol. The Morgan fingerprint density at radius 2 is 2.30 bits per heavy atom. The molecule has 1 aromatic rings. The monoisotopic (exact) mass is 274 g/mol. The van der Waals surface area contributed by atoms with E-state index < -0.39 is 0 Å². The van der Waals surface area contributed by atoms with Crippen LogP contribution in [0.5, 0.6) is 0 Å². The fraction of sp³-hybridized carbons (Fsp3) is 0.562. The highest BCUT2D eigenvalue weighted by Gasteiger charge is 2.26. The molecule has 1 aliphatic carbocycles. The van der Waals surface area contributed by atoms with Crippen molar-refractivity contribution in [3.8, 4) is 0 Å². The lowest BCUT2D eigenvalue weighted by Gasteiger charge is -2.27. The second kappa shape index (κ2) is 6.37. The normalized spacial score (nSPS) is 25.8. The maximum Gasteiger partial charge on any atom is 0.227 e. The standard InChI is InChI=1S/C16H22N2O2/c19-16(18-11-13-10-17-8-9-20-13)15-7-3-5-12-4-1-2-6-14(12)15/h1-2,4,6,13,15,17H,3,5,7-11H2,(H,18,19). The molecule has 1 saturated heterocycles. The van der Waals surface area contributed by atoms with Crippen LogP contribution in [0.2, 0.25) is 0 Å². The van der Waals surface area contributed by atoms with E-state index in [4.69, 9.17) is 4.74 Å². The Labute approximate surface area is 119 Å². The van der Waals surface area contributed by atoms with Crippen molar-refractivity contribution in [3.63, 3.8) is 0 Å². The maximum absolute atomic E-state index is 12.4. The lowest BCUT2D eigenvalue weighted by molar-refractivity contribution is -0.123. The van der Waals surface area contributed by atoms with Gasteiger partial charge in [-0.3, -0.25) is 4.79 Å². The van der Waals surface area contributed by atoms with Gasteiger partial charge in [-0.2, -0.15) is 0 Å². The Morgan fingerprint density at radius 3 is 3.15 bits per heavy atom. The van der Waals surface area contributed by atoms with Gasteiger partial charge in [0.25, 0.3) is 0 Å². The molecule has 4 heteroatoms. The second-order valence-electron chi connectivity index (χ2n) is 5.59. The molecule has 0 aromatic heterocycles. The third-order valence-corrected chi connectivity index (χ3v) is 4.19. The number of rotatable bonds is 3. The first-order chi connectivity index (χ1) is 9.84. The first kappa shape index (κ1) is 13.6. The SMILES string of the molecule is O=C(NCC1CNCCO1)C1CCCc2ccccc21. The lowest BCUT2D eigenvalue weighted by atomic mass is 9.82. The highest BCUT2D eigenvalue weighted by Crippen LogP contribution is 2.31. The van der Waals surface area contributed by atoms with E-state index in [1.54, 1.807) is 0 Å².